The van der Waals surface area contributed by atoms with Gasteiger partial charge in [0.1, 0.15) is 0 Å². The fourth-order valence-electron chi connectivity index (χ4n) is 1.63. The molecule has 1 rings (SSSR count). The normalized spacial score (nSPS) is 20.0. The van der Waals surface area contributed by atoms with Crippen LogP contribution >= 0.6 is 0 Å². The lowest BCUT2D eigenvalue weighted by Gasteiger charge is -2.37. The van der Waals surface area contributed by atoms with Crippen LogP contribution in [0.3, 0.4) is 0 Å². The highest BCUT2D eigenvalue weighted by Crippen LogP contribution is 2.10. The van der Waals surface area contributed by atoms with E-state index < -0.39 is 22.7 Å². The van der Waals surface area contributed by atoms with E-state index >= 15 is 0 Å². The van der Waals surface area contributed by atoms with Crippen LogP contribution in [-0.2, 0) is 25.3 Å². The van der Waals surface area contributed by atoms with Crippen LogP contribution in [0.4, 0.5) is 4.79 Å². The molecule has 1 heterocycles. The van der Waals surface area contributed by atoms with E-state index in [1.807, 2.05) is 0 Å². The van der Waals surface area contributed by atoms with Crippen molar-refractivity contribution in [2.75, 3.05) is 32.8 Å². The molecule has 18 heavy (non-hydrogen) atoms. The molecule has 1 fully saturated rings. The molecule has 1 saturated heterocycles. The number of hydrogen-bond donors (Lipinski definition) is 0. The first kappa shape index (κ1) is 14.9. The van der Waals surface area contributed by atoms with Crippen LogP contribution < -0.4 is 0 Å². The van der Waals surface area contributed by atoms with Crippen molar-refractivity contribution in [3.8, 4) is 0 Å². The summed E-state index contributed by atoms with van der Waals surface area (Å²) in [7, 11) is 0. The summed E-state index contributed by atoms with van der Waals surface area (Å²) in [6.45, 7) is 3.35. The summed E-state index contributed by atoms with van der Waals surface area (Å²) in [5, 5.41) is 0. The number of carbonyl (C=O) groups is 2. The quantitative estimate of drug-likeness (QED) is 0.475. The fourth-order valence-corrected chi connectivity index (χ4v) is 2.22. The first-order valence-corrected chi connectivity index (χ1v) is 6.56. The number of carbonyl (C=O) groups excluding carboxylic acids is 2. The smallest absolute Gasteiger partial charge is 0.409 e. The number of amides is 1. The predicted molar refractivity (Wildman–Crippen MR) is 60.0 cm³/mol. The summed E-state index contributed by atoms with van der Waals surface area (Å²) >= 11 is -2.54. The Morgan fingerprint density at radius 2 is 2.06 bits per heavy atom. The van der Waals surface area contributed by atoms with E-state index in [1.165, 1.54) is 9.80 Å². The van der Waals surface area contributed by atoms with Gasteiger partial charge >= 0.3 is 6.09 Å². The van der Waals surface area contributed by atoms with Crippen molar-refractivity contribution < 1.29 is 27.8 Å². The Balaban J connectivity index is 2.49. The SMILES string of the molecule is CCOC(=O)N1CCN([C@H](OC=O)S(=O)[O-])CC1. The van der Waals surface area contributed by atoms with Crippen LogP contribution in [0.5, 0.6) is 0 Å². The van der Waals surface area contributed by atoms with Gasteiger partial charge in [-0.3, -0.25) is 13.9 Å². The predicted octanol–water partition coefficient (Wildman–Crippen LogP) is -0.904. The van der Waals surface area contributed by atoms with Crippen LogP contribution in [0.25, 0.3) is 0 Å². The molecule has 104 valence electrons. The minimum absolute atomic E-state index is 0.0954. The van der Waals surface area contributed by atoms with Crippen LogP contribution in [0, 0.1) is 0 Å². The third-order valence-corrected chi connectivity index (χ3v) is 3.21. The van der Waals surface area contributed by atoms with Crippen molar-refractivity contribution in [2.45, 2.75) is 12.5 Å². The summed E-state index contributed by atoms with van der Waals surface area (Å²) in [6.07, 6.45) is -0.423. The first-order valence-electron chi connectivity index (χ1n) is 5.43. The Kier molecular flexibility index (Phi) is 6.02. The monoisotopic (exact) mass is 279 g/mol. The van der Waals surface area contributed by atoms with E-state index in [-0.39, 0.29) is 6.47 Å². The topological polar surface area (TPSA) is 99.2 Å². The maximum absolute atomic E-state index is 11.4. The lowest BCUT2D eigenvalue weighted by Crippen LogP contribution is -2.53. The Morgan fingerprint density at radius 3 is 2.50 bits per heavy atom. The second-order valence-corrected chi connectivity index (χ2v) is 4.45. The van der Waals surface area contributed by atoms with Crippen molar-refractivity contribution in [3.63, 3.8) is 0 Å². The average molecular weight is 279 g/mol. The van der Waals surface area contributed by atoms with Crippen molar-refractivity contribution in [1.29, 1.82) is 0 Å². The molecule has 0 bridgehead atoms. The molecule has 1 aliphatic rings. The van der Waals surface area contributed by atoms with Crippen molar-refractivity contribution in [2.24, 2.45) is 0 Å². The molecule has 0 saturated carbocycles. The molecule has 0 aromatic heterocycles. The zero-order chi connectivity index (χ0) is 13.5. The van der Waals surface area contributed by atoms with Crippen molar-refractivity contribution in [1.82, 2.24) is 9.80 Å². The summed E-state index contributed by atoms with van der Waals surface area (Å²) in [5.74, 6) is 0. The number of nitrogens with zero attached hydrogens (tertiary/aromatic N) is 2. The molecule has 9 heteroatoms. The maximum Gasteiger partial charge on any atom is 0.409 e. The number of ether oxygens (including phenoxy) is 2. The summed E-state index contributed by atoms with van der Waals surface area (Å²) in [6, 6.07) is 0. The molecule has 1 aliphatic heterocycles. The molecule has 0 N–H and O–H groups in total. The van der Waals surface area contributed by atoms with E-state index in [0.29, 0.717) is 32.8 Å². The molecule has 8 nitrogen and oxygen atoms in total. The second-order valence-electron chi connectivity index (χ2n) is 3.52. The van der Waals surface area contributed by atoms with Gasteiger partial charge < -0.3 is 18.9 Å². The molecule has 0 spiro atoms. The zero-order valence-electron chi connectivity index (χ0n) is 9.94. The molecule has 0 radical (unpaired) electrons. The van der Waals surface area contributed by atoms with E-state index in [4.69, 9.17) is 4.74 Å². The molecule has 0 aliphatic carbocycles. The molecule has 0 aromatic carbocycles. The highest BCUT2D eigenvalue weighted by molar-refractivity contribution is 7.79. The highest BCUT2D eigenvalue weighted by Gasteiger charge is 2.28. The van der Waals surface area contributed by atoms with Gasteiger partial charge in [-0.15, -0.1) is 0 Å². The summed E-state index contributed by atoms with van der Waals surface area (Å²) < 4.78 is 31.1. The van der Waals surface area contributed by atoms with Gasteiger partial charge in [0.05, 0.1) is 6.61 Å². The Labute approximate surface area is 107 Å². The van der Waals surface area contributed by atoms with Gasteiger partial charge in [0.2, 0.25) is 5.56 Å². The van der Waals surface area contributed by atoms with Crippen molar-refractivity contribution in [3.05, 3.63) is 0 Å². The van der Waals surface area contributed by atoms with Gasteiger partial charge in [-0.25, -0.2) is 4.79 Å². The standard InChI is InChI=1S/C9H16N2O6S/c1-2-16-8(13)10-3-5-11(6-4-10)9(17-7-12)18(14)15/h7,9H,2-6H2,1H3,(H,14,15)/p-1/t9-/m1/s1. The lowest BCUT2D eigenvalue weighted by molar-refractivity contribution is -0.137. The van der Waals surface area contributed by atoms with Crippen LogP contribution in [0.1, 0.15) is 6.92 Å². The Bertz CT molecular complexity index is 318. The summed E-state index contributed by atoms with van der Waals surface area (Å²) in [4.78, 5) is 24.6. The lowest BCUT2D eigenvalue weighted by atomic mass is 10.3. The Morgan fingerprint density at radius 1 is 1.44 bits per heavy atom. The molecular weight excluding hydrogens is 264 g/mol. The van der Waals surface area contributed by atoms with Crippen LogP contribution in [0.15, 0.2) is 0 Å². The number of piperazine rings is 1. The number of hydrogen-bond acceptors (Lipinski definition) is 7. The molecule has 1 unspecified atom stereocenters. The largest absolute Gasteiger partial charge is 0.769 e. The summed E-state index contributed by atoms with van der Waals surface area (Å²) in [5.41, 5.74) is -1.30. The third kappa shape index (κ3) is 3.93. The number of rotatable bonds is 5. The second kappa shape index (κ2) is 7.29. The van der Waals surface area contributed by atoms with Crippen LogP contribution in [-0.4, -0.2) is 69.5 Å². The molecule has 0 aromatic rings. The minimum Gasteiger partial charge on any atom is -0.769 e. The van der Waals surface area contributed by atoms with E-state index in [0.717, 1.165) is 0 Å². The van der Waals surface area contributed by atoms with Gasteiger partial charge in [-0.05, 0) is 6.92 Å². The van der Waals surface area contributed by atoms with E-state index in [2.05, 4.69) is 4.74 Å². The van der Waals surface area contributed by atoms with Gasteiger partial charge in [0.15, 0.2) is 0 Å². The van der Waals surface area contributed by atoms with Gasteiger partial charge in [-0.1, -0.05) is 0 Å². The van der Waals surface area contributed by atoms with Crippen LogP contribution in [0.2, 0.25) is 0 Å². The van der Waals surface area contributed by atoms with Gasteiger partial charge in [0.25, 0.3) is 6.47 Å². The van der Waals surface area contributed by atoms with Gasteiger partial charge in [-0.2, -0.15) is 0 Å². The van der Waals surface area contributed by atoms with E-state index in [1.54, 1.807) is 6.92 Å². The van der Waals surface area contributed by atoms with E-state index in [9.17, 15) is 18.4 Å². The maximum atomic E-state index is 11.4. The molecule has 1 amide bonds. The average Bonchev–Trinajstić information content (AvgIpc) is 2.36. The Hall–Kier alpha value is -1.19. The van der Waals surface area contributed by atoms with Crippen molar-refractivity contribution >= 4 is 23.6 Å². The highest BCUT2D eigenvalue weighted by atomic mass is 32.2. The fraction of sp³-hybridized carbons (Fsp3) is 0.778. The third-order valence-electron chi connectivity index (χ3n) is 2.48. The zero-order valence-corrected chi connectivity index (χ0v) is 10.8. The molecule has 2 atom stereocenters. The minimum atomic E-state index is -2.54. The molecular formula is C9H15N2O6S-. The first-order chi connectivity index (χ1) is 8.60. The van der Waals surface area contributed by atoms with Gasteiger partial charge in [0, 0.05) is 37.3 Å².